The molecule has 140 valence electrons. The number of aliphatic imine (C=N–C) groups is 1. The molecule has 1 aromatic heterocycles. The molecule has 2 aromatic carbocycles. The van der Waals surface area contributed by atoms with Crippen LogP contribution in [0.25, 0.3) is 17.4 Å². The second-order valence-electron chi connectivity index (χ2n) is 5.79. The number of halogens is 4. The van der Waals surface area contributed by atoms with E-state index in [2.05, 4.69) is 27.6 Å². The number of furan rings is 1. The Hall–Kier alpha value is -1.80. The summed E-state index contributed by atoms with van der Waals surface area (Å²) in [7, 11) is 0. The summed E-state index contributed by atoms with van der Waals surface area (Å²) < 4.78 is 12.0. The average Bonchev–Trinajstić information content (AvgIpc) is 3.27. The van der Waals surface area contributed by atoms with E-state index in [-0.39, 0.29) is 11.6 Å². The summed E-state index contributed by atoms with van der Waals surface area (Å²) in [6.07, 6.45) is 1.51. The van der Waals surface area contributed by atoms with Crippen LogP contribution in [-0.4, -0.2) is 11.9 Å². The van der Waals surface area contributed by atoms with E-state index in [0.717, 1.165) is 9.13 Å². The van der Waals surface area contributed by atoms with Crippen molar-refractivity contribution in [1.82, 2.24) is 0 Å². The Morgan fingerprint density at radius 2 is 1.71 bits per heavy atom. The summed E-state index contributed by atoms with van der Waals surface area (Å²) in [5.74, 6) is 0.627. The molecule has 0 aliphatic carbocycles. The summed E-state index contributed by atoms with van der Waals surface area (Å²) in [6, 6.07) is 14.1. The summed E-state index contributed by atoms with van der Waals surface area (Å²) >= 11 is 20.3. The van der Waals surface area contributed by atoms with Crippen LogP contribution < -0.4 is 0 Å². The Morgan fingerprint density at radius 3 is 2.50 bits per heavy atom. The van der Waals surface area contributed by atoms with Gasteiger partial charge in [-0.2, -0.15) is 0 Å². The monoisotopic (exact) mass is 543 g/mol. The van der Waals surface area contributed by atoms with Crippen LogP contribution in [0, 0.1) is 3.57 Å². The highest BCUT2D eigenvalue weighted by atomic mass is 127. The maximum Gasteiger partial charge on any atom is 0.363 e. The number of carbonyl (C=O) groups is 1. The van der Waals surface area contributed by atoms with E-state index in [1.807, 2.05) is 6.07 Å². The van der Waals surface area contributed by atoms with Gasteiger partial charge in [-0.3, -0.25) is 0 Å². The molecule has 0 N–H and O–H groups in total. The third kappa shape index (κ3) is 3.98. The molecule has 28 heavy (non-hydrogen) atoms. The van der Waals surface area contributed by atoms with Crippen LogP contribution in [0.1, 0.15) is 11.3 Å². The Labute approximate surface area is 188 Å². The molecular weight excluding hydrogens is 535 g/mol. The molecule has 0 saturated heterocycles. The zero-order valence-corrected chi connectivity index (χ0v) is 18.3. The first-order valence-electron chi connectivity index (χ1n) is 7.94. The second kappa shape index (κ2) is 7.91. The van der Waals surface area contributed by atoms with Crippen molar-refractivity contribution in [3.8, 4) is 11.3 Å². The Morgan fingerprint density at radius 1 is 0.929 bits per heavy atom. The zero-order valence-electron chi connectivity index (χ0n) is 13.9. The number of hydrogen-bond acceptors (Lipinski definition) is 4. The number of carbonyl (C=O) groups excluding carboxylic acids is 1. The molecule has 0 atom stereocenters. The average molecular weight is 545 g/mol. The maximum absolute atomic E-state index is 12.2. The normalized spacial score (nSPS) is 15.1. The summed E-state index contributed by atoms with van der Waals surface area (Å²) in [4.78, 5) is 16.5. The van der Waals surface area contributed by atoms with Crippen LogP contribution in [0.2, 0.25) is 15.1 Å². The van der Waals surface area contributed by atoms with Crippen molar-refractivity contribution in [3.05, 3.63) is 84.2 Å². The third-order valence-electron chi connectivity index (χ3n) is 3.89. The first-order valence-corrected chi connectivity index (χ1v) is 10.2. The first-order chi connectivity index (χ1) is 13.4. The van der Waals surface area contributed by atoms with Gasteiger partial charge in [-0.15, -0.1) is 0 Å². The van der Waals surface area contributed by atoms with E-state index in [4.69, 9.17) is 44.0 Å². The molecule has 1 aliphatic rings. The van der Waals surface area contributed by atoms with E-state index in [9.17, 15) is 4.79 Å². The number of benzene rings is 2. The fourth-order valence-electron chi connectivity index (χ4n) is 2.56. The van der Waals surface area contributed by atoms with Crippen LogP contribution in [0.15, 0.2) is 63.6 Å². The number of cyclic esters (lactones) is 1. The van der Waals surface area contributed by atoms with Crippen LogP contribution in [0.4, 0.5) is 0 Å². The highest BCUT2D eigenvalue weighted by Crippen LogP contribution is 2.31. The van der Waals surface area contributed by atoms with Crippen molar-refractivity contribution in [1.29, 1.82) is 0 Å². The van der Waals surface area contributed by atoms with E-state index in [0.29, 0.717) is 32.2 Å². The molecule has 1 aliphatic heterocycles. The number of ether oxygens (including phenoxy) is 1. The van der Waals surface area contributed by atoms with Crippen molar-refractivity contribution in [2.45, 2.75) is 0 Å². The van der Waals surface area contributed by atoms with Crippen molar-refractivity contribution >= 4 is 75.3 Å². The highest BCUT2D eigenvalue weighted by Gasteiger charge is 2.26. The lowest BCUT2D eigenvalue weighted by atomic mass is 10.2. The summed E-state index contributed by atoms with van der Waals surface area (Å²) in [5.41, 5.74) is 1.45. The maximum atomic E-state index is 12.2. The van der Waals surface area contributed by atoms with Crippen molar-refractivity contribution in [3.63, 3.8) is 0 Å². The molecule has 8 heteroatoms. The zero-order chi connectivity index (χ0) is 19.8. The predicted octanol–water partition coefficient (Wildman–Crippen LogP) is 6.86. The molecule has 0 spiro atoms. The van der Waals surface area contributed by atoms with Gasteiger partial charge < -0.3 is 9.15 Å². The molecule has 0 saturated carbocycles. The Kier molecular flexibility index (Phi) is 5.51. The van der Waals surface area contributed by atoms with Gasteiger partial charge in [-0.25, -0.2) is 9.79 Å². The SMILES string of the molecule is O=C1OC(c2cc(I)ccc2Cl)=N/C1=C\c1ccc(-c2ccc(Cl)c(Cl)c2)o1. The Balaban J connectivity index is 1.65. The minimum absolute atomic E-state index is 0.125. The first kappa shape index (κ1) is 19.5. The number of esters is 1. The topological polar surface area (TPSA) is 51.8 Å². The van der Waals surface area contributed by atoms with Gasteiger partial charge in [0.1, 0.15) is 11.5 Å². The van der Waals surface area contributed by atoms with Gasteiger partial charge in [0.05, 0.1) is 20.6 Å². The molecule has 3 aromatic rings. The number of rotatable bonds is 3. The molecule has 0 unspecified atom stereocenters. The van der Waals surface area contributed by atoms with Gasteiger partial charge in [-0.05, 0) is 71.1 Å². The standard InChI is InChI=1S/C20H9Cl3INO3/c21-14-5-2-11(24)8-13(14)19-25-17(20(26)28-19)9-12-3-6-18(27-12)10-1-4-15(22)16(23)7-10/h1-9H/b17-9-. The summed E-state index contributed by atoms with van der Waals surface area (Å²) in [6.45, 7) is 0. The van der Waals surface area contributed by atoms with Crippen LogP contribution in [-0.2, 0) is 9.53 Å². The third-order valence-corrected chi connectivity index (χ3v) is 5.63. The van der Waals surface area contributed by atoms with Gasteiger partial charge >= 0.3 is 5.97 Å². The van der Waals surface area contributed by atoms with Gasteiger partial charge in [-0.1, -0.05) is 34.8 Å². The van der Waals surface area contributed by atoms with E-state index in [1.54, 1.807) is 42.5 Å². The van der Waals surface area contributed by atoms with Gasteiger partial charge in [0, 0.05) is 15.2 Å². The van der Waals surface area contributed by atoms with Gasteiger partial charge in [0.15, 0.2) is 5.70 Å². The van der Waals surface area contributed by atoms with Crippen molar-refractivity contribution in [2.24, 2.45) is 4.99 Å². The molecule has 0 fully saturated rings. The Bertz CT molecular complexity index is 1170. The fourth-order valence-corrected chi connectivity index (χ4v) is 3.54. The van der Waals surface area contributed by atoms with Gasteiger partial charge in [0.2, 0.25) is 5.90 Å². The lowest BCUT2D eigenvalue weighted by Gasteiger charge is -2.02. The number of nitrogens with zero attached hydrogens (tertiary/aromatic N) is 1. The largest absolute Gasteiger partial charge is 0.457 e. The molecule has 0 amide bonds. The molecule has 2 heterocycles. The predicted molar refractivity (Wildman–Crippen MR) is 119 cm³/mol. The second-order valence-corrected chi connectivity index (χ2v) is 8.26. The van der Waals surface area contributed by atoms with E-state index in [1.165, 1.54) is 6.08 Å². The van der Waals surface area contributed by atoms with Gasteiger partial charge in [0.25, 0.3) is 0 Å². The lowest BCUT2D eigenvalue weighted by molar-refractivity contribution is -0.129. The highest BCUT2D eigenvalue weighted by molar-refractivity contribution is 14.1. The quantitative estimate of drug-likeness (QED) is 0.206. The van der Waals surface area contributed by atoms with Crippen molar-refractivity contribution in [2.75, 3.05) is 0 Å². The molecule has 0 radical (unpaired) electrons. The van der Waals surface area contributed by atoms with E-state index < -0.39 is 5.97 Å². The molecule has 0 bridgehead atoms. The minimum atomic E-state index is -0.572. The summed E-state index contributed by atoms with van der Waals surface area (Å²) in [5, 5.41) is 1.34. The van der Waals surface area contributed by atoms with Crippen LogP contribution >= 0.6 is 57.4 Å². The van der Waals surface area contributed by atoms with E-state index >= 15 is 0 Å². The minimum Gasteiger partial charge on any atom is -0.457 e. The number of hydrogen-bond donors (Lipinski definition) is 0. The fraction of sp³-hybridized carbons (Fsp3) is 0. The molecular formula is C20H9Cl3INO3. The smallest absolute Gasteiger partial charge is 0.363 e. The van der Waals surface area contributed by atoms with Crippen molar-refractivity contribution < 1.29 is 13.9 Å². The lowest BCUT2D eigenvalue weighted by Crippen LogP contribution is -2.06. The molecule has 4 rings (SSSR count). The van der Waals surface area contributed by atoms with Crippen LogP contribution in [0.5, 0.6) is 0 Å². The van der Waals surface area contributed by atoms with Crippen LogP contribution in [0.3, 0.4) is 0 Å². The molecule has 4 nitrogen and oxygen atoms in total.